The minimum Gasteiger partial charge on any atom is -0.442 e. The van der Waals surface area contributed by atoms with Crippen molar-refractivity contribution in [3.63, 3.8) is 0 Å². The molecule has 0 spiro atoms. The third-order valence-electron chi connectivity index (χ3n) is 5.18. The fourth-order valence-corrected chi connectivity index (χ4v) is 4.25. The molecule has 1 aromatic carbocycles. The number of H-pyrrole nitrogens is 1. The Morgan fingerprint density at radius 3 is 2.74 bits per heavy atom. The number of carbonyl (C=O) groups excluding carboxylic acids is 2. The molecule has 3 heterocycles. The van der Waals surface area contributed by atoms with E-state index in [1.807, 2.05) is 0 Å². The lowest BCUT2D eigenvalue weighted by atomic mass is 10.0. The van der Waals surface area contributed by atoms with E-state index in [0.29, 0.717) is 41.2 Å². The number of aromatic nitrogens is 4. The summed E-state index contributed by atoms with van der Waals surface area (Å²) in [5.41, 5.74) is 2.83. The third kappa shape index (κ3) is 5.95. The van der Waals surface area contributed by atoms with Crippen LogP contribution in [0.5, 0.6) is 0 Å². The summed E-state index contributed by atoms with van der Waals surface area (Å²) in [5.74, 6) is -0.153. The molecule has 0 radical (unpaired) electrons. The zero-order valence-corrected chi connectivity index (χ0v) is 19.5. The zero-order valence-electron chi connectivity index (χ0n) is 18.0. The van der Waals surface area contributed by atoms with Gasteiger partial charge in [0.2, 0.25) is 5.78 Å². The molecule has 11 heteroatoms. The summed E-state index contributed by atoms with van der Waals surface area (Å²) >= 11 is 7.67. The molecule has 0 fully saturated rings. The van der Waals surface area contributed by atoms with Gasteiger partial charge in [0.15, 0.2) is 5.15 Å². The average molecular weight is 502 g/mol. The van der Waals surface area contributed by atoms with Gasteiger partial charge in [-0.3, -0.25) is 14.6 Å². The Hall–Kier alpha value is -3.37. The number of thiazole rings is 1. The maximum atomic E-state index is 13.3. The molecular formula is C23H21ClFN5O3S. The van der Waals surface area contributed by atoms with Crippen molar-refractivity contribution >= 4 is 34.6 Å². The molecule has 0 unspecified atom stereocenters. The highest BCUT2D eigenvalue weighted by atomic mass is 35.5. The Kier molecular flexibility index (Phi) is 7.81. The number of hydrogen-bond acceptors (Lipinski definition) is 7. The molecule has 8 nitrogen and oxygen atoms in total. The minimum atomic E-state index is -0.439. The predicted molar refractivity (Wildman–Crippen MR) is 125 cm³/mol. The van der Waals surface area contributed by atoms with Gasteiger partial charge in [-0.15, -0.1) is 11.3 Å². The van der Waals surface area contributed by atoms with Gasteiger partial charge in [-0.25, -0.2) is 14.4 Å². The first kappa shape index (κ1) is 23.8. The van der Waals surface area contributed by atoms with Gasteiger partial charge in [0.05, 0.1) is 29.6 Å². The summed E-state index contributed by atoms with van der Waals surface area (Å²) in [6, 6.07) is 5.45. The Morgan fingerprint density at radius 1 is 1.21 bits per heavy atom. The molecule has 0 aliphatic carbocycles. The van der Waals surface area contributed by atoms with Gasteiger partial charge in [-0.05, 0) is 37.1 Å². The van der Waals surface area contributed by atoms with E-state index in [4.69, 9.17) is 16.0 Å². The highest BCUT2D eigenvalue weighted by molar-refractivity contribution is 7.11. The van der Waals surface area contributed by atoms with Crippen molar-refractivity contribution in [1.29, 1.82) is 0 Å². The maximum absolute atomic E-state index is 13.3. The first-order valence-electron chi connectivity index (χ1n) is 10.6. The molecule has 0 bridgehead atoms. The Bertz CT molecular complexity index is 1230. The van der Waals surface area contributed by atoms with E-state index < -0.39 is 6.04 Å². The molecule has 4 rings (SSSR count). The van der Waals surface area contributed by atoms with Gasteiger partial charge in [-0.1, -0.05) is 24.4 Å². The van der Waals surface area contributed by atoms with Crippen molar-refractivity contribution in [2.24, 2.45) is 0 Å². The predicted octanol–water partition coefficient (Wildman–Crippen LogP) is 5.62. The summed E-state index contributed by atoms with van der Waals surface area (Å²) < 4.78 is 18.3. The molecule has 0 aliphatic rings. The Labute approximate surface area is 203 Å². The second kappa shape index (κ2) is 11.2. The molecule has 3 aromatic heterocycles. The molecule has 4 aromatic rings. The number of nitrogens with zero attached hydrogens (tertiary/aromatic N) is 3. The number of nitrogens with one attached hydrogen (secondary N) is 2. The lowest BCUT2D eigenvalue weighted by Crippen LogP contribution is -2.28. The number of oxazole rings is 1. The third-order valence-corrected chi connectivity index (χ3v) is 6.24. The Balaban J connectivity index is 1.43. The number of unbranched alkanes of at least 4 members (excludes halogenated alkanes) is 2. The second-order valence-corrected chi connectivity index (χ2v) is 8.79. The summed E-state index contributed by atoms with van der Waals surface area (Å²) in [6.07, 6.45) is 7.37. The summed E-state index contributed by atoms with van der Waals surface area (Å²) in [6.45, 7) is 0. The molecule has 2 N–H and O–H groups in total. The number of ketones is 1. The van der Waals surface area contributed by atoms with Crippen LogP contribution >= 0.6 is 22.9 Å². The van der Waals surface area contributed by atoms with E-state index in [1.165, 1.54) is 42.1 Å². The molecule has 1 amide bonds. The largest absolute Gasteiger partial charge is 0.442 e. The summed E-state index contributed by atoms with van der Waals surface area (Å²) in [5, 5.41) is 3.23. The number of amides is 1. The fraction of sp³-hybridized carbons (Fsp3) is 0.261. The van der Waals surface area contributed by atoms with Crippen LogP contribution in [0.3, 0.4) is 0 Å². The van der Waals surface area contributed by atoms with E-state index in [-0.39, 0.29) is 28.6 Å². The van der Waals surface area contributed by atoms with Crippen molar-refractivity contribution in [2.75, 3.05) is 0 Å². The number of rotatable bonds is 11. The van der Waals surface area contributed by atoms with Crippen LogP contribution in [0.4, 0.5) is 4.39 Å². The average Bonchev–Trinajstić information content (AvgIpc) is 3.60. The van der Waals surface area contributed by atoms with Crippen molar-refractivity contribution in [3.8, 4) is 11.4 Å². The van der Waals surface area contributed by atoms with E-state index in [2.05, 4.69) is 25.3 Å². The van der Waals surface area contributed by atoms with Crippen molar-refractivity contribution in [1.82, 2.24) is 25.3 Å². The monoisotopic (exact) mass is 501 g/mol. The number of Topliss-reactive ketones (excluding diaryl/α,β-unsaturated/α-hetero) is 1. The smallest absolute Gasteiger partial charge is 0.263 e. The maximum Gasteiger partial charge on any atom is 0.263 e. The Morgan fingerprint density at radius 2 is 2.03 bits per heavy atom. The van der Waals surface area contributed by atoms with Gasteiger partial charge < -0.3 is 14.7 Å². The van der Waals surface area contributed by atoms with Crippen molar-refractivity contribution < 1.29 is 18.4 Å². The van der Waals surface area contributed by atoms with Crippen LogP contribution in [0.1, 0.15) is 64.2 Å². The SMILES string of the molecule is O=C(CCCCC[C@H](NC(=O)c1cncs1)c1[nH]c(-c2ccc(F)cc2)nc1Cl)c1ncco1. The van der Waals surface area contributed by atoms with Crippen molar-refractivity contribution in [2.45, 2.75) is 38.1 Å². The highest BCUT2D eigenvalue weighted by Crippen LogP contribution is 2.29. The number of carbonyl (C=O) groups is 2. The molecule has 0 saturated heterocycles. The van der Waals surface area contributed by atoms with Gasteiger partial charge in [-0.2, -0.15) is 0 Å². The lowest BCUT2D eigenvalue weighted by Gasteiger charge is -2.17. The zero-order chi connectivity index (χ0) is 23.9. The standard InChI is InChI=1S/C23H21ClFN5O3S/c24-20-19(29-21(30-20)14-6-8-15(25)9-7-14)16(28-22(32)18-12-26-13-34-18)4-2-1-3-5-17(31)23-27-10-11-33-23/h6-13,16H,1-5H2,(H,28,32)(H,29,30)/t16-/m0/s1. The molecule has 0 saturated carbocycles. The topological polar surface area (TPSA) is 114 Å². The number of imidazole rings is 1. The normalized spacial score (nSPS) is 11.9. The van der Waals surface area contributed by atoms with Crippen LogP contribution in [0.15, 0.2) is 52.9 Å². The summed E-state index contributed by atoms with van der Waals surface area (Å²) in [4.78, 5) is 40.6. The van der Waals surface area contributed by atoms with Crippen LogP contribution in [-0.2, 0) is 0 Å². The molecule has 1 atom stereocenters. The van der Waals surface area contributed by atoms with Crippen LogP contribution in [0, 0.1) is 5.82 Å². The fourth-order valence-electron chi connectivity index (χ4n) is 3.47. The van der Waals surface area contributed by atoms with Gasteiger partial charge in [0, 0.05) is 12.0 Å². The quantitative estimate of drug-likeness (QED) is 0.204. The molecule has 34 heavy (non-hydrogen) atoms. The highest BCUT2D eigenvalue weighted by Gasteiger charge is 2.23. The summed E-state index contributed by atoms with van der Waals surface area (Å²) in [7, 11) is 0. The van der Waals surface area contributed by atoms with E-state index in [0.717, 1.165) is 12.8 Å². The van der Waals surface area contributed by atoms with E-state index >= 15 is 0 Å². The van der Waals surface area contributed by atoms with Crippen LogP contribution in [0.2, 0.25) is 5.15 Å². The number of aromatic amines is 1. The number of benzene rings is 1. The first-order chi connectivity index (χ1) is 16.5. The molecular weight excluding hydrogens is 481 g/mol. The molecule has 176 valence electrons. The lowest BCUT2D eigenvalue weighted by molar-refractivity contribution is 0.0935. The van der Waals surface area contributed by atoms with E-state index in [1.54, 1.807) is 17.6 Å². The van der Waals surface area contributed by atoms with Crippen LogP contribution < -0.4 is 5.32 Å². The number of hydrogen-bond donors (Lipinski definition) is 2. The van der Waals surface area contributed by atoms with Crippen LogP contribution in [-0.4, -0.2) is 31.6 Å². The van der Waals surface area contributed by atoms with Gasteiger partial charge in [0.1, 0.15) is 22.8 Å². The molecule has 0 aliphatic heterocycles. The number of halogens is 2. The van der Waals surface area contributed by atoms with Gasteiger partial charge in [0.25, 0.3) is 11.8 Å². The second-order valence-electron chi connectivity index (χ2n) is 7.55. The van der Waals surface area contributed by atoms with Crippen molar-refractivity contribution in [3.05, 3.63) is 75.9 Å². The minimum absolute atomic E-state index is 0.118. The first-order valence-corrected chi connectivity index (χ1v) is 11.9. The van der Waals surface area contributed by atoms with Crippen LogP contribution in [0.25, 0.3) is 11.4 Å². The van der Waals surface area contributed by atoms with E-state index in [9.17, 15) is 14.0 Å². The van der Waals surface area contributed by atoms with Gasteiger partial charge >= 0.3 is 0 Å².